The molecule has 5 aromatic carbocycles. The van der Waals surface area contributed by atoms with Crippen LogP contribution in [-0.4, -0.2) is 16.9 Å². The van der Waals surface area contributed by atoms with Crippen LogP contribution in [0.5, 0.6) is 0 Å². The van der Waals surface area contributed by atoms with Gasteiger partial charge in [-0.25, -0.2) is 87.8 Å². The summed E-state index contributed by atoms with van der Waals surface area (Å²) in [6.07, 6.45) is -1.82. The van der Waals surface area contributed by atoms with E-state index in [1.54, 1.807) is 6.20 Å². The molecule has 6 aromatic rings. The highest BCUT2D eigenvalue weighted by Gasteiger charge is 2.52. The Balaban J connectivity index is 0.000000345. The largest absolute Gasteiger partial charge is 0.287 e. The average molecular weight is 920 g/mol. The second-order valence-electron chi connectivity index (χ2n) is 13.4. The van der Waals surface area contributed by atoms with Crippen molar-refractivity contribution >= 4 is 33.8 Å². The zero-order chi connectivity index (χ0) is 47.3. The lowest BCUT2D eigenvalue weighted by atomic mass is 9.12. The van der Waals surface area contributed by atoms with Crippen molar-refractivity contribution in [3.8, 4) is 0 Å². The number of hydrogen-bond donors (Lipinski definition) is 0. The lowest BCUT2D eigenvalue weighted by Gasteiger charge is -2.44. The summed E-state index contributed by atoms with van der Waals surface area (Å²) < 4.78 is 296. The van der Waals surface area contributed by atoms with Gasteiger partial charge in [-0.1, -0.05) is 44.2 Å². The fourth-order valence-corrected chi connectivity index (χ4v) is 6.77. The highest BCUT2D eigenvalue weighted by atomic mass is 19.2. The van der Waals surface area contributed by atoms with Gasteiger partial charge in [0.1, 0.15) is 52.7 Å². The Hall–Kier alpha value is -6.49. The van der Waals surface area contributed by atoms with Crippen LogP contribution in [0.15, 0.2) is 48.9 Å². The van der Waals surface area contributed by atoms with Crippen LogP contribution in [0.3, 0.4) is 0 Å². The third-order valence-electron chi connectivity index (χ3n) is 9.58. The third kappa shape index (κ3) is 7.61. The molecule has 0 spiro atoms. The molecule has 0 unspecified atom stereocenters. The summed E-state index contributed by atoms with van der Waals surface area (Å²) in [7, 11) is 0. The standard InChI is InChI=1S/C24BF20.C15H17N2O/c26-5-1(6(27)14(35)21(42)13(5)34)25(2-7(28)15(36)22(43)16(37)8(2)29,3-9(30)17(38)23(44)18(39)10(3)31)4-11(32)19(40)24(45)20(41)12(4)33;1-12(2)14-10-16-8-9-17(14)11-15(18)13-6-4-3-5-7-13/h;3-10,12H,11H2,1-2H3/q-1;+1. The van der Waals surface area contributed by atoms with Crippen molar-refractivity contribution in [3.63, 3.8) is 0 Å². The van der Waals surface area contributed by atoms with Crippen molar-refractivity contribution in [1.82, 2.24) is 4.98 Å². The molecule has 63 heavy (non-hydrogen) atoms. The average Bonchev–Trinajstić information content (AvgIpc) is 3.26. The summed E-state index contributed by atoms with van der Waals surface area (Å²) in [5, 5.41) is 0. The van der Waals surface area contributed by atoms with Gasteiger partial charge in [-0.05, 0) is 0 Å². The number of carbonyl (C=O) groups is 1. The lowest BCUT2D eigenvalue weighted by molar-refractivity contribution is -0.692. The second-order valence-corrected chi connectivity index (χ2v) is 13.4. The topological polar surface area (TPSA) is 33.8 Å². The zero-order valence-corrected chi connectivity index (χ0v) is 30.8. The summed E-state index contributed by atoms with van der Waals surface area (Å²) in [4.78, 5) is 16.3. The Labute approximate surface area is 338 Å². The number of Topliss-reactive ketones (excluding diaryl/α,β-unsaturated/α-hetero) is 1. The van der Waals surface area contributed by atoms with E-state index < -0.39 is 144 Å². The molecule has 1 heterocycles. The number of nitrogens with zero attached hydrogens (tertiary/aromatic N) is 2. The van der Waals surface area contributed by atoms with Gasteiger partial charge in [0, 0.05) is 11.5 Å². The molecule has 0 aliphatic heterocycles. The summed E-state index contributed by atoms with van der Waals surface area (Å²) in [5.74, 6) is -70.9. The van der Waals surface area contributed by atoms with Gasteiger partial charge in [0.15, 0.2) is 76.0 Å². The maximum atomic E-state index is 15.4. The number of benzene rings is 5. The van der Waals surface area contributed by atoms with Gasteiger partial charge in [-0.2, -0.15) is 4.57 Å². The first kappa shape index (κ1) is 47.6. The van der Waals surface area contributed by atoms with Crippen LogP contribution in [-0.2, 0) is 6.54 Å². The first-order valence-electron chi connectivity index (χ1n) is 17.0. The number of rotatable bonds is 8. The lowest BCUT2D eigenvalue weighted by Crippen LogP contribution is -2.81. The van der Waals surface area contributed by atoms with Crippen LogP contribution in [0.25, 0.3) is 0 Å². The van der Waals surface area contributed by atoms with E-state index in [0.717, 1.165) is 11.3 Å². The fourth-order valence-electron chi connectivity index (χ4n) is 6.77. The Morgan fingerprint density at radius 2 is 0.730 bits per heavy atom. The number of aromatic nitrogens is 2. The van der Waals surface area contributed by atoms with Gasteiger partial charge in [-0.3, -0.25) is 9.78 Å². The van der Waals surface area contributed by atoms with E-state index in [1.807, 2.05) is 47.3 Å². The van der Waals surface area contributed by atoms with E-state index in [0.29, 0.717) is 12.5 Å². The smallest absolute Gasteiger partial charge is 0.227 e. The van der Waals surface area contributed by atoms with Crippen LogP contribution in [0.2, 0.25) is 0 Å². The van der Waals surface area contributed by atoms with Gasteiger partial charge in [0.05, 0.1) is 12.4 Å². The monoisotopic (exact) mass is 920 g/mol. The molecule has 0 aliphatic carbocycles. The maximum Gasteiger partial charge on any atom is 0.227 e. The first-order chi connectivity index (χ1) is 29.4. The molecule has 0 saturated heterocycles. The summed E-state index contributed by atoms with van der Waals surface area (Å²) in [5.41, 5.74) is -12.5. The molecule has 24 heteroatoms. The predicted molar refractivity (Wildman–Crippen MR) is 179 cm³/mol. The van der Waals surface area contributed by atoms with Crippen molar-refractivity contribution in [2.45, 2.75) is 26.3 Å². The summed E-state index contributed by atoms with van der Waals surface area (Å²) in [6.45, 7) is 4.56. The molecule has 0 radical (unpaired) electrons. The predicted octanol–water partition coefficient (Wildman–Crippen LogP) is 8.22. The van der Waals surface area contributed by atoms with Crippen LogP contribution in [0.1, 0.15) is 35.8 Å². The molecule has 1 aromatic heterocycles. The molecule has 0 bridgehead atoms. The Kier molecular flexibility index (Phi) is 13.4. The van der Waals surface area contributed by atoms with Gasteiger partial charge < -0.3 is 0 Å². The Bertz CT molecular complexity index is 2440. The van der Waals surface area contributed by atoms with Crippen molar-refractivity contribution in [2.24, 2.45) is 0 Å². The van der Waals surface area contributed by atoms with E-state index in [1.165, 1.54) is 0 Å². The third-order valence-corrected chi connectivity index (χ3v) is 9.58. The highest BCUT2D eigenvalue weighted by Crippen LogP contribution is 2.30. The van der Waals surface area contributed by atoms with Crippen LogP contribution in [0, 0.1) is 116 Å². The number of ketones is 1. The van der Waals surface area contributed by atoms with Crippen molar-refractivity contribution < 1.29 is 97.2 Å². The van der Waals surface area contributed by atoms with Crippen molar-refractivity contribution in [1.29, 1.82) is 0 Å². The van der Waals surface area contributed by atoms with E-state index in [2.05, 4.69) is 18.8 Å². The molecule has 0 saturated carbocycles. The molecule has 0 N–H and O–H groups in total. The first-order valence-corrected chi connectivity index (χ1v) is 17.0. The van der Waals surface area contributed by atoms with Crippen LogP contribution >= 0.6 is 0 Å². The molecular weight excluding hydrogens is 903 g/mol. The highest BCUT2D eigenvalue weighted by molar-refractivity contribution is 7.20. The van der Waals surface area contributed by atoms with Crippen molar-refractivity contribution in [3.05, 3.63) is 177 Å². The van der Waals surface area contributed by atoms with E-state index >= 15 is 35.1 Å². The molecule has 6 rings (SSSR count). The normalized spacial score (nSPS) is 11.6. The van der Waals surface area contributed by atoms with Crippen molar-refractivity contribution in [2.75, 3.05) is 0 Å². The summed E-state index contributed by atoms with van der Waals surface area (Å²) >= 11 is 0. The fraction of sp³-hybridized carbons (Fsp3) is 0.103. The SMILES string of the molecule is CC(C)c1cncc[n+]1CC(=O)c1ccccc1.Fc1c(F)c(F)c([B-](c2c(F)c(F)c(F)c(F)c2F)(c2c(F)c(F)c(F)c(F)c2F)c2c(F)c(F)c(F)c(F)c2F)c(F)c1F. The zero-order valence-electron chi connectivity index (χ0n) is 30.8. The molecule has 0 atom stereocenters. The maximum absolute atomic E-state index is 15.4. The van der Waals surface area contributed by atoms with E-state index in [-0.39, 0.29) is 5.78 Å². The van der Waals surface area contributed by atoms with Gasteiger partial charge in [-0.15, -0.1) is 21.9 Å². The van der Waals surface area contributed by atoms with E-state index in [4.69, 9.17) is 0 Å². The number of carbonyl (C=O) groups excluding carboxylic acids is 1. The molecule has 3 nitrogen and oxygen atoms in total. The van der Waals surface area contributed by atoms with Gasteiger partial charge in [0.2, 0.25) is 18.0 Å². The minimum atomic E-state index is -7.22. The Morgan fingerprint density at radius 3 is 1.00 bits per heavy atom. The minimum absolute atomic E-state index is 0.119. The second kappa shape index (κ2) is 17.7. The Morgan fingerprint density at radius 1 is 0.460 bits per heavy atom. The number of halogens is 20. The van der Waals surface area contributed by atoms with Gasteiger partial charge >= 0.3 is 0 Å². The molecule has 0 fully saturated rings. The molecular formula is C39H17BF20N2O. The quantitative estimate of drug-likeness (QED) is 0.0386. The van der Waals surface area contributed by atoms with Gasteiger partial charge in [0.25, 0.3) is 0 Å². The van der Waals surface area contributed by atoms with E-state index in [9.17, 15) is 57.5 Å². The number of hydrogen-bond acceptors (Lipinski definition) is 2. The van der Waals surface area contributed by atoms with Crippen LogP contribution < -0.4 is 26.4 Å². The molecule has 332 valence electrons. The molecule has 0 aliphatic rings. The van der Waals surface area contributed by atoms with Crippen LogP contribution in [0.4, 0.5) is 87.8 Å². The minimum Gasteiger partial charge on any atom is -0.287 e. The molecule has 0 amide bonds. The summed E-state index contributed by atoms with van der Waals surface area (Å²) in [6, 6.07) is 9.37.